The minimum atomic E-state index is -3.49. The number of rotatable bonds is 8. The summed E-state index contributed by atoms with van der Waals surface area (Å²) in [6, 6.07) is 11.8. The number of anilines is 1. The van der Waals surface area contributed by atoms with Gasteiger partial charge in [-0.1, -0.05) is 6.42 Å². The number of carbonyl (C=O) groups is 1. The zero-order chi connectivity index (χ0) is 21.6. The molecule has 1 heterocycles. The van der Waals surface area contributed by atoms with Crippen LogP contribution in [0.3, 0.4) is 0 Å². The van der Waals surface area contributed by atoms with Gasteiger partial charge in [0.1, 0.15) is 11.5 Å². The zero-order valence-electron chi connectivity index (χ0n) is 17.4. The third kappa shape index (κ3) is 5.52. The summed E-state index contributed by atoms with van der Waals surface area (Å²) in [7, 11) is -3.49. The molecule has 0 aliphatic carbocycles. The summed E-state index contributed by atoms with van der Waals surface area (Å²) >= 11 is 0. The van der Waals surface area contributed by atoms with Crippen molar-refractivity contribution in [2.45, 2.75) is 38.0 Å². The Morgan fingerprint density at radius 2 is 1.73 bits per heavy atom. The number of benzene rings is 2. The van der Waals surface area contributed by atoms with E-state index in [4.69, 9.17) is 9.47 Å². The predicted octanol–water partition coefficient (Wildman–Crippen LogP) is 3.59. The van der Waals surface area contributed by atoms with Gasteiger partial charge in [-0.05, 0) is 74.7 Å². The first-order valence-corrected chi connectivity index (χ1v) is 11.6. The number of piperidine rings is 1. The predicted molar refractivity (Wildman–Crippen MR) is 116 cm³/mol. The molecule has 0 bridgehead atoms. The second-order valence-electron chi connectivity index (χ2n) is 7.19. The Balaban J connectivity index is 1.58. The molecule has 0 radical (unpaired) electrons. The van der Waals surface area contributed by atoms with Gasteiger partial charge in [-0.15, -0.1) is 0 Å². The molecule has 3 rings (SSSR count). The van der Waals surface area contributed by atoms with Crippen LogP contribution in [0.25, 0.3) is 0 Å². The third-order valence-corrected chi connectivity index (χ3v) is 6.80. The van der Waals surface area contributed by atoms with Crippen molar-refractivity contribution < 1.29 is 22.7 Å². The summed E-state index contributed by atoms with van der Waals surface area (Å²) in [6.45, 7) is 5.21. The number of amides is 1. The molecule has 1 saturated heterocycles. The highest BCUT2D eigenvalue weighted by molar-refractivity contribution is 7.89. The van der Waals surface area contributed by atoms with Crippen LogP contribution in [-0.4, -0.2) is 44.9 Å². The van der Waals surface area contributed by atoms with Crippen molar-refractivity contribution >= 4 is 21.6 Å². The van der Waals surface area contributed by atoms with E-state index in [1.165, 1.54) is 10.4 Å². The summed E-state index contributed by atoms with van der Waals surface area (Å²) in [5.41, 5.74) is 1.31. The molecule has 2 aromatic rings. The van der Waals surface area contributed by atoms with Crippen molar-refractivity contribution in [2.75, 3.05) is 31.6 Å². The van der Waals surface area contributed by atoms with E-state index < -0.39 is 10.0 Å². The number of hydrogen-bond donors (Lipinski definition) is 1. The van der Waals surface area contributed by atoms with Crippen LogP contribution in [0.15, 0.2) is 47.4 Å². The lowest BCUT2D eigenvalue weighted by Gasteiger charge is -2.26. The SMILES string of the molecule is CCOc1ccc(NC(=O)COc2ccc(S(=O)(=O)N3CCCCC3)cc2C)cc1. The maximum atomic E-state index is 12.8. The van der Waals surface area contributed by atoms with Crippen molar-refractivity contribution in [3.63, 3.8) is 0 Å². The van der Waals surface area contributed by atoms with Crippen molar-refractivity contribution in [1.82, 2.24) is 4.31 Å². The normalized spacial score (nSPS) is 14.9. The average Bonchev–Trinajstić information content (AvgIpc) is 2.75. The Morgan fingerprint density at radius 3 is 2.37 bits per heavy atom. The number of carbonyl (C=O) groups excluding carboxylic acids is 1. The molecule has 1 fully saturated rings. The fourth-order valence-corrected chi connectivity index (χ4v) is 4.94. The van der Waals surface area contributed by atoms with Gasteiger partial charge in [0.05, 0.1) is 11.5 Å². The number of sulfonamides is 1. The van der Waals surface area contributed by atoms with Crippen LogP contribution < -0.4 is 14.8 Å². The number of nitrogens with one attached hydrogen (secondary N) is 1. The van der Waals surface area contributed by atoms with Gasteiger partial charge in [0.25, 0.3) is 5.91 Å². The molecule has 1 aliphatic rings. The lowest BCUT2D eigenvalue weighted by Crippen LogP contribution is -2.35. The number of hydrogen-bond acceptors (Lipinski definition) is 5. The van der Waals surface area contributed by atoms with Gasteiger partial charge in [0.2, 0.25) is 10.0 Å². The van der Waals surface area contributed by atoms with Gasteiger partial charge in [-0.25, -0.2) is 8.42 Å². The molecule has 0 atom stereocenters. The molecule has 1 amide bonds. The van der Waals surface area contributed by atoms with Crippen molar-refractivity contribution in [3.05, 3.63) is 48.0 Å². The second-order valence-corrected chi connectivity index (χ2v) is 9.12. The van der Waals surface area contributed by atoms with Crippen molar-refractivity contribution in [1.29, 1.82) is 0 Å². The van der Waals surface area contributed by atoms with E-state index in [1.807, 2.05) is 6.92 Å². The van der Waals surface area contributed by atoms with Gasteiger partial charge < -0.3 is 14.8 Å². The van der Waals surface area contributed by atoms with Crippen LogP contribution in [0, 0.1) is 6.92 Å². The van der Waals surface area contributed by atoms with E-state index in [9.17, 15) is 13.2 Å². The van der Waals surface area contributed by atoms with Crippen molar-refractivity contribution in [3.8, 4) is 11.5 Å². The highest BCUT2D eigenvalue weighted by Crippen LogP contribution is 2.26. The summed E-state index contributed by atoms with van der Waals surface area (Å²) < 4.78 is 38.1. The summed E-state index contributed by atoms with van der Waals surface area (Å²) in [5.74, 6) is 0.917. The van der Waals surface area contributed by atoms with Crippen LogP contribution >= 0.6 is 0 Å². The second kappa shape index (κ2) is 9.95. The van der Waals surface area contributed by atoms with Crippen LogP contribution in [0.5, 0.6) is 11.5 Å². The van der Waals surface area contributed by atoms with Crippen LogP contribution in [0.2, 0.25) is 0 Å². The molecule has 162 valence electrons. The molecule has 30 heavy (non-hydrogen) atoms. The van der Waals surface area contributed by atoms with E-state index in [0.29, 0.717) is 36.7 Å². The number of ether oxygens (including phenoxy) is 2. The molecule has 0 spiro atoms. The van der Waals surface area contributed by atoms with E-state index in [1.54, 1.807) is 43.3 Å². The molecule has 1 N–H and O–H groups in total. The van der Waals surface area contributed by atoms with Crippen LogP contribution in [0.4, 0.5) is 5.69 Å². The lowest BCUT2D eigenvalue weighted by molar-refractivity contribution is -0.118. The Hall–Kier alpha value is -2.58. The number of aryl methyl sites for hydroxylation is 1. The first-order valence-electron chi connectivity index (χ1n) is 10.2. The minimum Gasteiger partial charge on any atom is -0.494 e. The Labute approximate surface area is 178 Å². The fraction of sp³-hybridized carbons (Fsp3) is 0.409. The number of nitrogens with zero attached hydrogens (tertiary/aromatic N) is 1. The van der Waals surface area contributed by atoms with Crippen molar-refractivity contribution in [2.24, 2.45) is 0 Å². The van der Waals surface area contributed by atoms with E-state index in [-0.39, 0.29) is 17.4 Å². The molecule has 8 heteroatoms. The lowest BCUT2D eigenvalue weighted by atomic mass is 10.2. The minimum absolute atomic E-state index is 0.174. The molecule has 1 aliphatic heterocycles. The first kappa shape index (κ1) is 22.1. The quantitative estimate of drug-likeness (QED) is 0.689. The molecular formula is C22H28N2O5S. The van der Waals surface area contributed by atoms with E-state index in [0.717, 1.165) is 25.0 Å². The molecule has 0 aromatic heterocycles. The van der Waals surface area contributed by atoms with Gasteiger partial charge in [-0.2, -0.15) is 4.31 Å². The monoisotopic (exact) mass is 432 g/mol. The van der Waals surface area contributed by atoms with Crippen LogP contribution in [-0.2, 0) is 14.8 Å². The molecule has 0 unspecified atom stereocenters. The largest absolute Gasteiger partial charge is 0.494 e. The van der Waals surface area contributed by atoms with E-state index in [2.05, 4.69) is 5.32 Å². The standard InChI is InChI=1S/C22H28N2O5S/c1-3-28-19-9-7-18(8-10-19)23-22(25)16-29-21-12-11-20(15-17(21)2)30(26,27)24-13-5-4-6-14-24/h7-12,15H,3-6,13-14,16H2,1-2H3,(H,23,25). The zero-order valence-corrected chi connectivity index (χ0v) is 18.2. The molecule has 7 nitrogen and oxygen atoms in total. The van der Waals surface area contributed by atoms with E-state index >= 15 is 0 Å². The van der Waals surface area contributed by atoms with Gasteiger partial charge in [0, 0.05) is 18.8 Å². The molecule has 0 saturated carbocycles. The third-order valence-electron chi connectivity index (χ3n) is 4.91. The first-order chi connectivity index (χ1) is 14.4. The highest BCUT2D eigenvalue weighted by Gasteiger charge is 2.26. The van der Waals surface area contributed by atoms with Crippen LogP contribution in [0.1, 0.15) is 31.7 Å². The average molecular weight is 433 g/mol. The van der Waals surface area contributed by atoms with Gasteiger partial charge in [-0.3, -0.25) is 4.79 Å². The van der Waals surface area contributed by atoms with Gasteiger partial charge >= 0.3 is 0 Å². The van der Waals surface area contributed by atoms with Gasteiger partial charge in [0.15, 0.2) is 6.61 Å². The topological polar surface area (TPSA) is 84.9 Å². The summed E-state index contributed by atoms with van der Waals surface area (Å²) in [6.07, 6.45) is 2.85. The summed E-state index contributed by atoms with van der Waals surface area (Å²) in [5, 5.41) is 2.76. The summed E-state index contributed by atoms with van der Waals surface area (Å²) in [4.78, 5) is 12.4. The maximum Gasteiger partial charge on any atom is 0.262 e. The Bertz CT molecular complexity index is 968. The molecule has 2 aromatic carbocycles. The Kier molecular flexibility index (Phi) is 7.33. The maximum absolute atomic E-state index is 12.8. The molecular weight excluding hydrogens is 404 g/mol. The fourth-order valence-electron chi connectivity index (χ4n) is 3.34. The highest BCUT2D eigenvalue weighted by atomic mass is 32.2. The Morgan fingerprint density at radius 1 is 1.03 bits per heavy atom. The smallest absolute Gasteiger partial charge is 0.262 e.